The van der Waals surface area contributed by atoms with Crippen molar-refractivity contribution in [3.05, 3.63) is 42.5 Å². The van der Waals surface area contributed by atoms with E-state index in [0.29, 0.717) is 5.69 Å². The van der Waals surface area contributed by atoms with Gasteiger partial charge in [-0.15, -0.1) is 0 Å². The van der Waals surface area contributed by atoms with Gasteiger partial charge in [-0.05, 0) is 18.2 Å². The molecule has 0 spiro atoms. The van der Waals surface area contributed by atoms with E-state index in [1.165, 1.54) is 24.9 Å². The first-order valence-corrected chi connectivity index (χ1v) is 5.73. The summed E-state index contributed by atoms with van der Waals surface area (Å²) in [5, 5.41) is 0. The van der Waals surface area contributed by atoms with E-state index in [0.717, 1.165) is 9.79 Å². The Morgan fingerprint density at radius 1 is 1.29 bits per heavy atom. The Morgan fingerprint density at radius 3 is 2.65 bits per heavy atom. The third-order valence-electron chi connectivity index (χ3n) is 2.16. The molecule has 1 heterocycles. The molecule has 2 aromatic rings. The fourth-order valence-electron chi connectivity index (χ4n) is 1.33. The summed E-state index contributed by atoms with van der Waals surface area (Å²) in [4.78, 5) is 5.67. The summed E-state index contributed by atoms with van der Waals surface area (Å²) in [6.45, 7) is 0. The highest BCUT2D eigenvalue weighted by atomic mass is 32.2. The monoisotopic (exact) mass is 250 g/mol. The number of pyridine rings is 1. The molecule has 0 atom stereocenters. The van der Waals surface area contributed by atoms with Crippen LogP contribution in [-0.2, 0) is 0 Å². The topological polar surface area (TPSA) is 48.1 Å². The Hall–Kier alpha value is -1.75. The second-order valence-electron chi connectivity index (χ2n) is 3.31. The molecule has 0 bridgehead atoms. The summed E-state index contributed by atoms with van der Waals surface area (Å²) in [6, 6.07) is 6.58. The van der Waals surface area contributed by atoms with E-state index in [9.17, 15) is 4.39 Å². The Labute approximate surface area is 103 Å². The minimum atomic E-state index is -0.455. The molecule has 1 aromatic heterocycles. The van der Waals surface area contributed by atoms with Gasteiger partial charge in [-0.25, -0.2) is 4.39 Å². The molecule has 0 aliphatic rings. The molecule has 0 unspecified atom stereocenters. The number of benzene rings is 1. The maximum Gasteiger partial charge on any atom is 0.167 e. The molecule has 17 heavy (non-hydrogen) atoms. The number of ether oxygens (including phenoxy) is 1. The molecular formula is C12H11FN2OS. The molecule has 0 radical (unpaired) electrons. The SMILES string of the molecule is COc1cc(Sc2ccncc2)c(N)cc1F. The van der Waals surface area contributed by atoms with Gasteiger partial charge in [0.05, 0.1) is 7.11 Å². The van der Waals surface area contributed by atoms with Gasteiger partial charge in [0.1, 0.15) is 0 Å². The molecule has 0 fully saturated rings. The first kappa shape index (κ1) is 11.7. The number of methoxy groups -OCH3 is 1. The lowest BCUT2D eigenvalue weighted by atomic mass is 10.3. The summed E-state index contributed by atoms with van der Waals surface area (Å²) in [6.07, 6.45) is 3.39. The van der Waals surface area contributed by atoms with Crippen LogP contribution >= 0.6 is 11.8 Å². The number of hydrogen-bond acceptors (Lipinski definition) is 4. The van der Waals surface area contributed by atoms with Crippen molar-refractivity contribution in [2.45, 2.75) is 9.79 Å². The number of rotatable bonds is 3. The smallest absolute Gasteiger partial charge is 0.167 e. The van der Waals surface area contributed by atoms with E-state index in [2.05, 4.69) is 4.98 Å². The first-order valence-electron chi connectivity index (χ1n) is 4.91. The largest absolute Gasteiger partial charge is 0.494 e. The van der Waals surface area contributed by atoms with Crippen molar-refractivity contribution in [2.24, 2.45) is 0 Å². The predicted octanol–water partition coefficient (Wildman–Crippen LogP) is 2.96. The van der Waals surface area contributed by atoms with E-state index >= 15 is 0 Å². The number of aromatic nitrogens is 1. The summed E-state index contributed by atoms with van der Waals surface area (Å²) in [5.74, 6) is -0.264. The number of hydrogen-bond donors (Lipinski definition) is 1. The minimum absolute atomic E-state index is 0.191. The van der Waals surface area contributed by atoms with Crippen molar-refractivity contribution in [3.63, 3.8) is 0 Å². The van der Waals surface area contributed by atoms with Crippen LogP contribution in [0.5, 0.6) is 5.75 Å². The van der Waals surface area contributed by atoms with E-state index in [1.54, 1.807) is 18.5 Å². The molecule has 2 N–H and O–H groups in total. The minimum Gasteiger partial charge on any atom is -0.494 e. The summed E-state index contributed by atoms with van der Waals surface area (Å²) >= 11 is 1.44. The highest BCUT2D eigenvalue weighted by Gasteiger charge is 2.09. The van der Waals surface area contributed by atoms with Gasteiger partial charge in [0.2, 0.25) is 0 Å². The van der Waals surface area contributed by atoms with Gasteiger partial charge in [-0.3, -0.25) is 4.98 Å². The summed E-state index contributed by atoms with van der Waals surface area (Å²) in [5.41, 5.74) is 6.15. The zero-order chi connectivity index (χ0) is 12.3. The molecule has 3 nitrogen and oxygen atoms in total. The second-order valence-corrected chi connectivity index (χ2v) is 4.42. The van der Waals surface area contributed by atoms with Gasteiger partial charge in [-0.2, -0.15) is 0 Å². The molecule has 5 heteroatoms. The maximum absolute atomic E-state index is 13.3. The van der Waals surface area contributed by atoms with Crippen LogP contribution < -0.4 is 10.5 Å². The zero-order valence-electron chi connectivity index (χ0n) is 9.18. The molecule has 0 saturated carbocycles. The van der Waals surface area contributed by atoms with Crippen LogP contribution in [0.2, 0.25) is 0 Å². The lowest BCUT2D eigenvalue weighted by Gasteiger charge is -2.08. The van der Waals surface area contributed by atoms with Crippen LogP contribution in [0.15, 0.2) is 46.5 Å². The second kappa shape index (κ2) is 5.05. The number of nitrogen functional groups attached to an aromatic ring is 1. The van der Waals surface area contributed by atoms with E-state index in [-0.39, 0.29) is 5.75 Å². The highest BCUT2D eigenvalue weighted by molar-refractivity contribution is 7.99. The van der Waals surface area contributed by atoms with Crippen LogP contribution in [0.4, 0.5) is 10.1 Å². The average Bonchev–Trinajstić information content (AvgIpc) is 2.34. The molecule has 0 amide bonds. The lowest BCUT2D eigenvalue weighted by molar-refractivity contribution is 0.385. The van der Waals surface area contributed by atoms with Crippen molar-refractivity contribution in [3.8, 4) is 5.75 Å². The van der Waals surface area contributed by atoms with Crippen molar-refractivity contribution in [1.82, 2.24) is 4.98 Å². The zero-order valence-corrected chi connectivity index (χ0v) is 10.00. The van der Waals surface area contributed by atoms with E-state index < -0.39 is 5.82 Å². The van der Waals surface area contributed by atoms with Gasteiger partial charge >= 0.3 is 0 Å². The Morgan fingerprint density at radius 2 is 2.00 bits per heavy atom. The molecule has 0 saturated heterocycles. The average molecular weight is 250 g/mol. The fourth-order valence-corrected chi connectivity index (χ4v) is 2.18. The number of nitrogens with zero attached hydrogens (tertiary/aromatic N) is 1. The Balaban J connectivity index is 2.33. The summed E-state index contributed by atoms with van der Waals surface area (Å²) < 4.78 is 18.3. The van der Waals surface area contributed by atoms with Gasteiger partial charge in [-0.1, -0.05) is 11.8 Å². The summed E-state index contributed by atoms with van der Waals surface area (Å²) in [7, 11) is 1.43. The lowest BCUT2D eigenvalue weighted by Crippen LogP contribution is -1.94. The highest BCUT2D eigenvalue weighted by Crippen LogP contribution is 2.35. The fraction of sp³-hybridized carbons (Fsp3) is 0.0833. The molecule has 88 valence electrons. The van der Waals surface area contributed by atoms with Crippen LogP contribution in [0.1, 0.15) is 0 Å². The predicted molar refractivity (Wildman–Crippen MR) is 65.7 cm³/mol. The van der Waals surface area contributed by atoms with Gasteiger partial charge in [0, 0.05) is 33.9 Å². The van der Waals surface area contributed by atoms with Crippen molar-refractivity contribution in [1.29, 1.82) is 0 Å². The van der Waals surface area contributed by atoms with Crippen molar-refractivity contribution >= 4 is 17.4 Å². The van der Waals surface area contributed by atoms with E-state index in [4.69, 9.17) is 10.5 Å². The normalized spacial score (nSPS) is 10.2. The standard InChI is InChI=1S/C12H11FN2OS/c1-16-11-7-12(10(14)6-9(11)13)17-8-2-4-15-5-3-8/h2-7H,14H2,1H3. The van der Waals surface area contributed by atoms with Crippen molar-refractivity contribution in [2.75, 3.05) is 12.8 Å². The third-order valence-corrected chi connectivity index (χ3v) is 3.24. The Kier molecular flexibility index (Phi) is 3.49. The van der Waals surface area contributed by atoms with E-state index in [1.807, 2.05) is 12.1 Å². The molecule has 0 aliphatic carbocycles. The number of nitrogens with two attached hydrogens (primary N) is 1. The molecule has 1 aromatic carbocycles. The molecule has 2 rings (SSSR count). The first-order chi connectivity index (χ1) is 8.20. The third kappa shape index (κ3) is 2.68. The van der Waals surface area contributed by atoms with Gasteiger partial charge in [0.15, 0.2) is 11.6 Å². The van der Waals surface area contributed by atoms with Crippen LogP contribution in [0.25, 0.3) is 0 Å². The van der Waals surface area contributed by atoms with Crippen LogP contribution in [-0.4, -0.2) is 12.1 Å². The number of halogens is 1. The van der Waals surface area contributed by atoms with Crippen molar-refractivity contribution < 1.29 is 9.13 Å². The molecule has 0 aliphatic heterocycles. The van der Waals surface area contributed by atoms with Crippen LogP contribution in [0, 0.1) is 5.82 Å². The maximum atomic E-state index is 13.3. The van der Waals surface area contributed by atoms with Gasteiger partial charge < -0.3 is 10.5 Å². The van der Waals surface area contributed by atoms with Gasteiger partial charge in [0.25, 0.3) is 0 Å². The molecular weight excluding hydrogens is 239 g/mol. The number of anilines is 1. The quantitative estimate of drug-likeness (QED) is 0.851. The Bertz CT molecular complexity index is 519. The van der Waals surface area contributed by atoms with Crippen LogP contribution in [0.3, 0.4) is 0 Å².